The van der Waals surface area contributed by atoms with Crippen molar-refractivity contribution in [3.8, 4) is 0 Å². The van der Waals surface area contributed by atoms with E-state index in [-0.39, 0.29) is 0 Å². The van der Waals surface area contributed by atoms with Gasteiger partial charge in [0, 0.05) is 14.7 Å². The van der Waals surface area contributed by atoms with Crippen LogP contribution in [0.3, 0.4) is 0 Å². The highest BCUT2D eigenvalue weighted by Crippen LogP contribution is 2.17. The fourth-order valence-electron chi connectivity index (χ4n) is 0.840. The molecule has 0 aliphatic carbocycles. The Bertz CT molecular complexity index is 509. The van der Waals surface area contributed by atoms with E-state index < -0.39 is 0 Å². The predicted molar refractivity (Wildman–Crippen MR) is 62.4 cm³/mol. The van der Waals surface area contributed by atoms with Gasteiger partial charge in [-0.05, 0) is 34.2 Å². The molecule has 0 saturated carbocycles. The number of halogens is 1. The maximum atomic E-state index is 4.93. The molecule has 7 heteroatoms. The van der Waals surface area contributed by atoms with Crippen molar-refractivity contribution in [2.75, 3.05) is 0 Å². The molecule has 0 unspecified atom stereocenters. The molecule has 0 bridgehead atoms. The Balaban J connectivity index is 2.23. The number of nitrogens with one attached hydrogen (secondary N) is 1. The van der Waals surface area contributed by atoms with Crippen LogP contribution in [0.25, 0.3) is 0 Å². The van der Waals surface area contributed by atoms with Crippen molar-refractivity contribution in [2.24, 2.45) is 5.10 Å². The number of aromatic nitrogens is 3. The molecule has 0 saturated heterocycles. The van der Waals surface area contributed by atoms with Gasteiger partial charge in [0.2, 0.25) is 4.77 Å². The van der Waals surface area contributed by atoms with Gasteiger partial charge in [-0.25, -0.2) is 0 Å². The third-order valence-corrected chi connectivity index (χ3v) is 3.34. The van der Waals surface area contributed by atoms with Gasteiger partial charge in [-0.3, -0.25) is 5.10 Å². The average molecular weight is 289 g/mol. The summed E-state index contributed by atoms with van der Waals surface area (Å²) in [5.41, 5.74) is 0. The lowest BCUT2D eigenvalue weighted by Gasteiger charge is -1.87. The normalized spacial score (nSPS) is 11.2. The SMILES string of the molecule is S=c1[nH]ncn1N=Cc1cc(Br)cs1. The van der Waals surface area contributed by atoms with Crippen molar-refractivity contribution in [3.05, 3.63) is 31.9 Å². The molecule has 0 aliphatic rings. The van der Waals surface area contributed by atoms with Crippen LogP contribution in [0, 0.1) is 4.77 Å². The van der Waals surface area contributed by atoms with E-state index in [1.807, 2.05) is 11.4 Å². The van der Waals surface area contributed by atoms with Gasteiger partial charge < -0.3 is 0 Å². The molecule has 14 heavy (non-hydrogen) atoms. The van der Waals surface area contributed by atoms with Crippen LogP contribution >= 0.6 is 39.5 Å². The molecule has 2 aromatic heterocycles. The molecule has 2 heterocycles. The first-order chi connectivity index (χ1) is 6.75. The second-order valence-corrected chi connectivity index (χ2v) is 4.66. The lowest BCUT2D eigenvalue weighted by molar-refractivity contribution is 0.863. The first-order valence-corrected chi connectivity index (χ1v) is 5.74. The molecule has 0 fully saturated rings. The highest BCUT2D eigenvalue weighted by atomic mass is 79.9. The predicted octanol–water partition coefficient (Wildman–Crippen LogP) is 2.65. The fraction of sp³-hybridized carbons (Fsp3) is 0. The number of nitrogens with zero attached hydrogens (tertiary/aromatic N) is 3. The van der Waals surface area contributed by atoms with E-state index >= 15 is 0 Å². The molecular weight excluding hydrogens is 284 g/mol. The largest absolute Gasteiger partial charge is 0.250 e. The molecule has 0 atom stereocenters. The zero-order chi connectivity index (χ0) is 9.97. The molecule has 0 radical (unpaired) electrons. The summed E-state index contributed by atoms with van der Waals surface area (Å²) < 4.78 is 3.04. The zero-order valence-corrected chi connectivity index (χ0v) is 10.1. The van der Waals surface area contributed by atoms with Gasteiger partial charge in [0.05, 0.1) is 6.21 Å². The summed E-state index contributed by atoms with van der Waals surface area (Å²) in [6, 6.07) is 1.98. The molecule has 1 N–H and O–H groups in total. The highest BCUT2D eigenvalue weighted by Gasteiger charge is 1.93. The van der Waals surface area contributed by atoms with Crippen LogP contribution < -0.4 is 0 Å². The summed E-state index contributed by atoms with van der Waals surface area (Å²) in [5, 5.41) is 12.5. The van der Waals surface area contributed by atoms with Crippen LogP contribution in [-0.4, -0.2) is 21.1 Å². The Morgan fingerprint density at radius 1 is 1.71 bits per heavy atom. The Morgan fingerprint density at radius 2 is 2.57 bits per heavy atom. The first kappa shape index (κ1) is 9.75. The van der Waals surface area contributed by atoms with E-state index in [1.54, 1.807) is 17.6 Å². The lowest BCUT2D eigenvalue weighted by Crippen LogP contribution is -1.86. The fourth-order valence-corrected chi connectivity index (χ4v) is 2.28. The van der Waals surface area contributed by atoms with E-state index in [4.69, 9.17) is 12.2 Å². The van der Waals surface area contributed by atoms with E-state index in [2.05, 4.69) is 31.2 Å². The van der Waals surface area contributed by atoms with Crippen molar-refractivity contribution in [1.29, 1.82) is 0 Å². The molecule has 4 nitrogen and oxygen atoms in total. The van der Waals surface area contributed by atoms with Crippen molar-refractivity contribution >= 4 is 45.7 Å². The zero-order valence-electron chi connectivity index (χ0n) is 6.85. The number of thiophene rings is 1. The van der Waals surface area contributed by atoms with Crippen LogP contribution in [0.1, 0.15) is 4.88 Å². The third-order valence-electron chi connectivity index (χ3n) is 1.43. The lowest BCUT2D eigenvalue weighted by atomic mass is 10.5. The standard InChI is InChI=1S/C7H5BrN4S2/c8-5-1-6(14-3-5)2-10-12-4-9-11-7(12)13/h1-4H,(H,11,13). The number of aromatic amines is 1. The Morgan fingerprint density at radius 3 is 3.14 bits per heavy atom. The van der Waals surface area contributed by atoms with Crippen molar-refractivity contribution in [1.82, 2.24) is 14.9 Å². The monoisotopic (exact) mass is 288 g/mol. The second kappa shape index (κ2) is 4.16. The van der Waals surface area contributed by atoms with Crippen LogP contribution in [0.15, 0.2) is 27.3 Å². The smallest absolute Gasteiger partial charge is 0.216 e. The molecule has 72 valence electrons. The molecular formula is C7H5BrN4S2. The average Bonchev–Trinajstić information content (AvgIpc) is 2.72. The molecule has 0 amide bonds. The van der Waals surface area contributed by atoms with Gasteiger partial charge in [0.15, 0.2) is 0 Å². The molecule has 2 rings (SSSR count). The van der Waals surface area contributed by atoms with E-state index in [9.17, 15) is 0 Å². The summed E-state index contributed by atoms with van der Waals surface area (Å²) in [6.07, 6.45) is 3.27. The van der Waals surface area contributed by atoms with Gasteiger partial charge >= 0.3 is 0 Å². The highest BCUT2D eigenvalue weighted by molar-refractivity contribution is 9.10. The van der Waals surface area contributed by atoms with E-state index in [0.717, 1.165) is 9.35 Å². The first-order valence-electron chi connectivity index (χ1n) is 3.66. The minimum absolute atomic E-state index is 0.483. The summed E-state index contributed by atoms with van der Waals surface area (Å²) in [5.74, 6) is 0. The van der Waals surface area contributed by atoms with Crippen molar-refractivity contribution in [3.63, 3.8) is 0 Å². The van der Waals surface area contributed by atoms with Gasteiger partial charge in [-0.1, -0.05) is 0 Å². The van der Waals surface area contributed by atoms with Gasteiger partial charge in [0.1, 0.15) is 6.33 Å². The Hall–Kier alpha value is -0.790. The van der Waals surface area contributed by atoms with Crippen LogP contribution in [-0.2, 0) is 0 Å². The van der Waals surface area contributed by atoms with E-state index in [0.29, 0.717) is 4.77 Å². The Kier molecular flexibility index (Phi) is 2.90. The summed E-state index contributed by atoms with van der Waals surface area (Å²) in [4.78, 5) is 1.06. The number of hydrogen-bond donors (Lipinski definition) is 1. The maximum Gasteiger partial charge on any atom is 0.216 e. The summed E-state index contributed by atoms with van der Waals surface area (Å²) in [7, 11) is 0. The third kappa shape index (κ3) is 2.17. The van der Waals surface area contributed by atoms with Gasteiger partial charge in [-0.2, -0.15) is 14.9 Å². The maximum absolute atomic E-state index is 4.93. The summed E-state index contributed by atoms with van der Waals surface area (Å²) >= 11 is 9.90. The molecule has 0 spiro atoms. The molecule has 0 aromatic carbocycles. The Labute approximate surface area is 97.4 Å². The van der Waals surface area contributed by atoms with Crippen molar-refractivity contribution in [2.45, 2.75) is 0 Å². The summed E-state index contributed by atoms with van der Waals surface area (Å²) in [6.45, 7) is 0. The second-order valence-electron chi connectivity index (χ2n) is 2.42. The minimum Gasteiger partial charge on any atom is -0.250 e. The number of hydrogen-bond acceptors (Lipinski definition) is 4. The minimum atomic E-state index is 0.483. The van der Waals surface area contributed by atoms with E-state index in [1.165, 1.54) is 11.0 Å². The van der Waals surface area contributed by atoms with Crippen molar-refractivity contribution < 1.29 is 0 Å². The van der Waals surface area contributed by atoms with Crippen LogP contribution in [0.4, 0.5) is 0 Å². The topological polar surface area (TPSA) is 46.0 Å². The molecule has 0 aliphatic heterocycles. The molecule has 2 aromatic rings. The number of H-pyrrole nitrogens is 1. The van der Waals surface area contributed by atoms with Crippen LogP contribution in [0.2, 0.25) is 0 Å². The van der Waals surface area contributed by atoms with Gasteiger partial charge in [0.25, 0.3) is 0 Å². The van der Waals surface area contributed by atoms with Gasteiger partial charge in [-0.15, -0.1) is 11.3 Å². The van der Waals surface area contributed by atoms with Crippen LogP contribution in [0.5, 0.6) is 0 Å². The number of rotatable bonds is 2. The quantitative estimate of drug-likeness (QED) is 0.682.